The maximum atomic E-state index is 13.2. The lowest BCUT2D eigenvalue weighted by atomic mass is 10.1. The summed E-state index contributed by atoms with van der Waals surface area (Å²) in [7, 11) is -3.91. The first-order valence-electron chi connectivity index (χ1n) is 9.99. The fourth-order valence-corrected chi connectivity index (χ4v) is 5.67. The Morgan fingerprint density at radius 1 is 1.16 bits per heavy atom. The average Bonchev–Trinajstić information content (AvgIpc) is 3.13. The van der Waals surface area contributed by atoms with Gasteiger partial charge < -0.3 is 14.8 Å². The maximum absolute atomic E-state index is 13.2. The zero-order valence-corrected chi connectivity index (χ0v) is 18.2. The number of nitrogens with one attached hydrogen (secondary N) is 1. The summed E-state index contributed by atoms with van der Waals surface area (Å²) < 4.78 is 51.5. The number of benzene rings is 2. The third kappa shape index (κ3) is 4.63. The summed E-state index contributed by atoms with van der Waals surface area (Å²) in [6.45, 7) is 1.42. The molecule has 0 radical (unpaired) electrons. The Hall–Kier alpha value is -2.36. The largest absolute Gasteiger partial charge is 0.489 e. The number of hydrogen-bond donors (Lipinski definition) is 1. The molecule has 1 amide bonds. The molecule has 0 aliphatic carbocycles. The molecule has 0 bridgehead atoms. The zero-order valence-electron chi connectivity index (χ0n) is 16.6. The number of carbonyl (C=O) groups is 1. The molecule has 2 heterocycles. The van der Waals surface area contributed by atoms with E-state index in [0.29, 0.717) is 48.1 Å². The van der Waals surface area contributed by atoms with E-state index in [-0.39, 0.29) is 18.0 Å². The molecule has 2 aromatic rings. The van der Waals surface area contributed by atoms with Crippen LogP contribution < -0.4 is 14.8 Å². The van der Waals surface area contributed by atoms with Crippen molar-refractivity contribution in [3.63, 3.8) is 0 Å². The standard InChI is InChI=1S/C21H22ClFN2O5S/c22-17-11-14(12-19-20(17)30-10-2-9-29-19)13-24-21(26)18-3-1-8-25(18)31(27,28)16-6-4-15(23)5-7-16/h4-7,11-12,18H,1-3,8-10,13H2,(H,24,26). The topological polar surface area (TPSA) is 84.9 Å². The van der Waals surface area contributed by atoms with Crippen molar-refractivity contribution in [2.24, 2.45) is 0 Å². The highest BCUT2D eigenvalue weighted by Gasteiger charge is 2.39. The number of carbonyl (C=O) groups excluding carboxylic acids is 1. The maximum Gasteiger partial charge on any atom is 0.243 e. The summed E-state index contributed by atoms with van der Waals surface area (Å²) in [6.07, 6.45) is 1.72. The molecule has 10 heteroatoms. The second-order valence-electron chi connectivity index (χ2n) is 7.40. The van der Waals surface area contributed by atoms with Crippen molar-refractivity contribution in [1.29, 1.82) is 0 Å². The van der Waals surface area contributed by atoms with Gasteiger partial charge in [0, 0.05) is 19.5 Å². The van der Waals surface area contributed by atoms with Crippen LogP contribution in [0.4, 0.5) is 4.39 Å². The number of rotatable bonds is 5. The molecule has 0 spiro atoms. The van der Waals surface area contributed by atoms with Gasteiger partial charge in [-0.05, 0) is 54.8 Å². The van der Waals surface area contributed by atoms with Crippen molar-refractivity contribution in [3.05, 3.63) is 52.8 Å². The van der Waals surface area contributed by atoms with Gasteiger partial charge in [0.15, 0.2) is 11.5 Å². The second kappa shape index (κ2) is 9.02. The highest BCUT2D eigenvalue weighted by molar-refractivity contribution is 7.89. The number of halogens is 2. The number of hydrogen-bond acceptors (Lipinski definition) is 5. The quantitative estimate of drug-likeness (QED) is 0.728. The smallest absolute Gasteiger partial charge is 0.243 e. The van der Waals surface area contributed by atoms with E-state index in [1.165, 1.54) is 16.4 Å². The predicted octanol–water partition coefficient (Wildman–Crippen LogP) is 3.11. The van der Waals surface area contributed by atoms with Gasteiger partial charge in [-0.1, -0.05) is 11.6 Å². The Morgan fingerprint density at radius 3 is 2.68 bits per heavy atom. The first kappa shape index (κ1) is 21.9. The first-order chi connectivity index (χ1) is 14.9. The molecule has 1 unspecified atom stereocenters. The molecule has 7 nitrogen and oxygen atoms in total. The van der Waals surface area contributed by atoms with Gasteiger partial charge in [0.2, 0.25) is 15.9 Å². The SMILES string of the molecule is O=C(NCc1cc(Cl)c2c(c1)OCCCO2)C1CCCN1S(=O)(=O)c1ccc(F)cc1. The van der Waals surface area contributed by atoms with Crippen LogP contribution in [0.3, 0.4) is 0 Å². The Labute approximate surface area is 185 Å². The Balaban J connectivity index is 1.46. The lowest BCUT2D eigenvalue weighted by Gasteiger charge is -2.23. The number of nitrogens with zero attached hydrogens (tertiary/aromatic N) is 1. The van der Waals surface area contributed by atoms with Gasteiger partial charge in [-0.25, -0.2) is 12.8 Å². The van der Waals surface area contributed by atoms with Crippen molar-refractivity contribution >= 4 is 27.5 Å². The number of amides is 1. The van der Waals surface area contributed by atoms with Gasteiger partial charge in [-0.3, -0.25) is 4.79 Å². The van der Waals surface area contributed by atoms with Crippen LogP contribution in [0.2, 0.25) is 5.02 Å². The third-order valence-corrected chi connectivity index (χ3v) is 7.46. The molecule has 2 aromatic carbocycles. The second-order valence-corrected chi connectivity index (χ2v) is 9.70. The monoisotopic (exact) mass is 468 g/mol. The van der Waals surface area contributed by atoms with Gasteiger partial charge in [-0.2, -0.15) is 4.31 Å². The van der Waals surface area contributed by atoms with E-state index >= 15 is 0 Å². The van der Waals surface area contributed by atoms with Crippen molar-refractivity contribution in [3.8, 4) is 11.5 Å². The van der Waals surface area contributed by atoms with E-state index in [0.717, 1.165) is 18.6 Å². The molecule has 166 valence electrons. The van der Waals surface area contributed by atoms with Crippen molar-refractivity contribution in [2.45, 2.75) is 36.7 Å². The third-order valence-electron chi connectivity index (χ3n) is 5.26. The van der Waals surface area contributed by atoms with E-state index in [2.05, 4.69) is 5.32 Å². The molecule has 0 aromatic heterocycles. The molecular formula is C21H22ClFN2O5S. The zero-order chi connectivity index (χ0) is 22.0. The summed E-state index contributed by atoms with van der Waals surface area (Å²) in [5.41, 5.74) is 0.716. The van der Waals surface area contributed by atoms with Crippen molar-refractivity contribution < 1.29 is 27.1 Å². The van der Waals surface area contributed by atoms with E-state index in [9.17, 15) is 17.6 Å². The minimum atomic E-state index is -3.91. The Bertz CT molecular complexity index is 1080. The minimum Gasteiger partial charge on any atom is -0.489 e. The van der Waals surface area contributed by atoms with Gasteiger partial charge in [0.25, 0.3) is 0 Å². The molecule has 31 heavy (non-hydrogen) atoms. The fourth-order valence-electron chi connectivity index (χ4n) is 3.73. The van der Waals surface area contributed by atoms with Gasteiger partial charge in [0.1, 0.15) is 11.9 Å². The van der Waals surface area contributed by atoms with E-state index in [4.69, 9.17) is 21.1 Å². The van der Waals surface area contributed by atoms with Crippen molar-refractivity contribution in [2.75, 3.05) is 19.8 Å². The molecule has 1 fully saturated rings. The lowest BCUT2D eigenvalue weighted by molar-refractivity contribution is -0.124. The summed E-state index contributed by atoms with van der Waals surface area (Å²) >= 11 is 6.29. The van der Waals surface area contributed by atoms with Gasteiger partial charge >= 0.3 is 0 Å². The lowest BCUT2D eigenvalue weighted by Crippen LogP contribution is -2.45. The number of ether oxygens (including phenoxy) is 2. The van der Waals surface area contributed by atoms with Crippen LogP contribution >= 0.6 is 11.6 Å². The summed E-state index contributed by atoms with van der Waals surface area (Å²) in [6, 6.07) is 7.21. The molecule has 4 rings (SSSR count). The van der Waals surface area contributed by atoms with E-state index in [1.54, 1.807) is 12.1 Å². The van der Waals surface area contributed by atoms with Gasteiger partial charge in [0.05, 0.1) is 23.1 Å². The Kier molecular flexibility index (Phi) is 6.36. The molecule has 1 saturated heterocycles. The molecule has 2 aliphatic heterocycles. The Morgan fingerprint density at radius 2 is 1.90 bits per heavy atom. The molecule has 1 N–H and O–H groups in total. The average molecular weight is 469 g/mol. The molecule has 2 aliphatic rings. The predicted molar refractivity (Wildman–Crippen MR) is 112 cm³/mol. The fraction of sp³-hybridized carbons (Fsp3) is 0.381. The number of fused-ring (bicyclic) bond motifs is 1. The highest BCUT2D eigenvalue weighted by atomic mass is 35.5. The normalized spacial score (nSPS) is 19.1. The first-order valence-corrected chi connectivity index (χ1v) is 11.8. The van der Waals surface area contributed by atoms with E-state index in [1.807, 2.05) is 0 Å². The summed E-state index contributed by atoms with van der Waals surface area (Å²) in [4.78, 5) is 12.8. The van der Waals surface area contributed by atoms with Crippen LogP contribution in [-0.4, -0.2) is 44.4 Å². The van der Waals surface area contributed by atoms with Crippen LogP contribution in [0.5, 0.6) is 11.5 Å². The van der Waals surface area contributed by atoms with Crippen LogP contribution in [0, 0.1) is 5.82 Å². The van der Waals surface area contributed by atoms with Crippen LogP contribution in [0.25, 0.3) is 0 Å². The van der Waals surface area contributed by atoms with Crippen LogP contribution in [0.15, 0.2) is 41.3 Å². The highest BCUT2D eigenvalue weighted by Crippen LogP contribution is 2.38. The van der Waals surface area contributed by atoms with Crippen LogP contribution in [0.1, 0.15) is 24.8 Å². The summed E-state index contributed by atoms with van der Waals surface area (Å²) in [5.74, 6) is 0.0899. The molecule has 1 atom stereocenters. The number of sulfonamides is 1. The van der Waals surface area contributed by atoms with E-state index < -0.39 is 27.8 Å². The van der Waals surface area contributed by atoms with Crippen molar-refractivity contribution in [1.82, 2.24) is 9.62 Å². The molecule has 0 saturated carbocycles. The molecular weight excluding hydrogens is 447 g/mol. The van der Waals surface area contributed by atoms with Gasteiger partial charge in [-0.15, -0.1) is 0 Å². The minimum absolute atomic E-state index is 0.0386. The van der Waals surface area contributed by atoms with Crippen LogP contribution in [-0.2, 0) is 21.4 Å². The summed E-state index contributed by atoms with van der Waals surface area (Å²) in [5, 5.41) is 3.19.